The summed E-state index contributed by atoms with van der Waals surface area (Å²) in [5, 5.41) is 6.66. The van der Waals surface area contributed by atoms with Gasteiger partial charge in [-0.3, -0.25) is 14.4 Å². The molecule has 5 rings (SSSR count). The first kappa shape index (κ1) is 19.4. The molecule has 2 aromatic carbocycles. The smallest absolute Gasteiger partial charge is 0.256 e. The van der Waals surface area contributed by atoms with E-state index >= 15 is 0 Å². The number of nitrogens with zero attached hydrogens (tertiary/aromatic N) is 2. The minimum atomic E-state index is -0.416. The molecule has 3 amide bonds. The van der Waals surface area contributed by atoms with Gasteiger partial charge in [0.1, 0.15) is 6.04 Å². The molecule has 7 nitrogen and oxygen atoms in total. The molecule has 3 heterocycles. The van der Waals surface area contributed by atoms with Gasteiger partial charge in [0.15, 0.2) is 0 Å². The van der Waals surface area contributed by atoms with Crippen LogP contribution in [0.25, 0.3) is 10.9 Å². The lowest BCUT2D eigenvalue weighted by atomic mass is 10.1. The molecule has 0 unspecified atom stereocenters. The third-order valence-corrected chi connectivity index (χ3v) is 6.15. The maximum atomic E-state index is 13.1. The molecule has 158 valence electrons. The van der Waals surface area contributed by atoms with Gasteiger partial charge in [-0.15, -0.1) is 0 Å². The van der Waals surface area contributed by atoms with E-state index in [1.165, 1.54) is 0 Å². The number of nitrogens with one attached hydrogen (secondary N) is 2. The number of aromatic nitrogens is 1. The largest absolute Gasteiger partial charge is 0.345 e. The molecule has 2 aliphatic heterocycles. The predicted octanol–water partition coefficient (Wildman–Crippen LogP) is 4.03. The van der Waals surface area contributed by atoms with E-state index in [4.69, 9.17) is 0 Å². The highest BCUT2D eigenvalue weighted by molar-refractivity contribution is 6.14. The summed E-state index contributed by atoms with van der Waals surface area (Å²) >= 11 is 0. The lowest BCUT2D eigenvalue weighted by Crippen LogP contribution is -2.40. The quantitative estimate of drug-likeness (QED) is 0.676. The van der Waals surface area contributed by atoms with Crippen molar-refractivity contribution in [2.75, 3.05) is 17.2 Å². The SMILES string of the molecule is CC(C)n1ccc2c(C(=O)Nc3ccc4c(c3)C(=O)N3CCC[C@@H]3C(=O)N4)cccc21. The van der Waals surface area contributed by atoms with Crippen LogP contribution in [0.15, 0.2) is 48.7 Å². The number of hydrogen-bond donors (Lipinski definition) is 2. The van der Waals surface area contributed by atoms with E-state index in [9.17, 15) is 14.4 Å². The second-order valence-corrected chi connectivity index (χ2v) is 8.42. The summed E-state index contributed by atoms with van der Waals surface area (Å²) in [6.07, 6.45) is 3.48. The van der Waals surface area contributed by atoms with Crippen LogP contribution in [0.4, 0.5) is 11.4 Å². The molecule has 1 fully saturated rings. The molecular formula is C24H24N4O3. The van der Waals surface area contributed by atoms with Gasteiger partial charge in [-0.2, -0.15) is 0 Å². The molecule has 0 saturated carbocycles. The molecule has 1 aromatic heterocycles. The Morgan fingerprint density at radius 3 is 2.81 bits per heavy atom. The van der Waals surface area contributed by atoms with Gasteiger partial charge in [-0.1, -0.05) is 6.07 Å². The number of hydrogen-bond acceptors (Lipinski definition) is 3. The summed E-state index contributed by atoms with van der Waals surface area (Å²) in [4.78, 5) is 40.2. The second kappa shape index (κ2) is 7.27. The Labute approximate surface area is 180 Å². The highest BCUT2D eigenvalue weighted by Crippen LogP contribution is 2.31. The van der Waals surface area contributed by atoms with Gasteiger partial charge in [0.2, 0.25) is 5.91 Å². The highest BCUT2D eigenvalue weighted by atomic mass is 16.2. The van der Waals surface area contributed by atoms with E-state index in [0.29, 0.717) is 35.5 Å². The van der Waals surface area contributed by atoms with Gasteiger partial charge < -0.3 is 20.1 Å². The van der Waals surface area contributed by atoms with Crippen LogP contribution >= 0.6 is 0 Å². The molecule has 7 heteroatoms. The number of carbonyl (C=O) groups excluding carboxylic acids is 3. The maximum absolute atomic E-state index is 13.1. The van der Waals surface area contributed by atoms with Crippen molar-refractivity contribution >= 4 is 40.0 Å². The summed E-state index contributed by atoms with van der Waals surface area (Å²) in [5.74, 6) is -0.568. The van der Waals surface area contributed by atoms with E-state index in [1.54, 1.807) is 29.2 Å². The number of amides is 3. The average Bonchev–Trinajstić information content (AvgIpc) is 3.39. The fourth-order valence-corrected chi connectivity index (χ4v) is 4.60. The van der Waals surface area contributed by atoms with Crippen LogP contribution in [0, 0.1) is 0 Å². The van der Waals surface area contributed by atoms with Crippen LogP contribution in [0.1, 0.15) is 53.4 Å². The van der Waals surface area contributed by atoms with Crippen molar-refractivity contribution in [3.63, 3.8) is 0 Å². The fraction of sp³-hybridized carbons (Fsp3) is 0.292. The lowest BCUT2D eigenvalue weighted by molar-refractivity contribution is -0.119. The van der Waals surface area contributed by atoms with Crippen LogP contribution in [-0.4, -0.2) is 39.8 Å². The topological polar surface area (TPSA) is 83.4 Å². The van der Waals surface area contributed by atoms with E-state index < -0.39 is 6.04 Å². The third kappa shape index (κ3) is 3.17. The molecular weight excluding hydrogens is 392 g/mol. The first-order chi connectivity index (χ1) is 14.9. The zero-order valence-electron chi connectivity index (χ0n) is 17.5. The minimum absolute atomic E-state index is 0.150. The van der Waals surface area contributed by atoms with E-state index in [0.717, 1.165) is 17.3 Å². The Balaban J connectivity index is 1.46. The molecule has 0 radical (unpaired) electrons. The van der Waals surface area contributed by atoms with Crippen molar-refractivity contribution in [3.8, 4) is 0 Å². The molecule has 0 bridgehead atoms. The van der Waals surface area contributed by atoms with Crippen LogP contribution in [-0.2, 0) is 4.79 Å². The van der Waals surface area contributed by atoms with E-state index in [1.807, 2.05) is 24.4 Å². The molecule has 31 heavy (non-hydrogen) atoms. The number of rotatable bonds is 3. The first-order valence-electron chi connectivity index (χ1n) is 10.6. The van der Waals surface area contributed by atoms with Crippen molar-refractivity contribution in [3.05, 3.63) is 59.8 Å². The van der Waals surface area contributed by atoms with E-state index in [2.05, 4.69) is 29.0 Å². The molecule has 0 aliphatic carbocycles. The molecule has 3 aromatic rings. The Morgan fingerprint density at radius 2 is 2.00 bits per heavy atom. The van der Waals surface area contributed by atoms with Crippen molar-refractivity contribution in [1.29, 1.82) is 0 Å². The number of carbonyl (C=O) groups is 3. The average molecular weight is 416 g/mol. The first-order valence-corrected chi connectivity index (χ1v) is 10.6. The summed E-state index contributed by atoms with van der Waals surface area (Å²) in [5.41, 5.74) is 2.98. The van der Waals surface area contributed by atoms with Crippen LogP contribution in [0.2, 0.25) is 0 Å². The zero-order chi connectivity index (χ0) is 21.7. The van der Waals surface area contributed by atoms with Gasteiger partial charge in [0, 0.05) is 40.9 Å². The van der Waals surface area contributed by atoms with Gasteiger partial charge in [0.05, 0.1) is 11.3 Å². The molecule has 1 atom stereocenters. The normalized spacial score (nSPS) is 18.0. The molecule has 0 spiro atoms. The Bertz CT molecular complexity index is 1230. The Morgan fingerprint density at radius 1 is 1.16 bits per heavy atom. The standard InChI is InChI=1S/C24H24N4O3/c1-14(2)27-12-10-16-17(5-3-6-20(16)27)22(29)25-15-8-9-19-18(13-15)24(31)28-11-4-7-21(28)23(30)26-19/h3,5-6,8-10,12-14,21H,4,7,11H2,1-2H3,(H,25,29)(H,26,30)/t21-/m1/s1. The minimum Gasteiger partial charge on any atom is -0.345 e. The number of benzene rings is 2. The van der Waals surface area contributed by atoms with Crippen LogP contribution in [0.3, 0.4) is 0 Å². The van der Waals surface area contributed by atoms with Crippen molar-refractivity contribution < 1.29 is 14.4 Å². The number of anilines is 2. The Hall–Kier alpha value is -3.61. The van der Waals surface area contributed by atoms with Crippen LogP contribution < -0.4 is 10.6 Å². The predicted molar refractivity (Wildman–Crippen MR) is 119 cm³/mol. The summed E-state index contributed by atoms with van der Waals surface area (Å²) in [7, 11) is 0. The highest BCUT2D eigenvalue weighted by Gasteiger charge is 2.38. The fourth-order valence-electron chi connectivity index (χ4n) is 4.60. The number of fused-ring (bicyclic) bond motifs is 3. The Kier molecular flexibility index (Phi) is 4.54. The zero-order valence-corrected chi connectivity index (χ0v) is 17.5. The second-order valence-electron chi connectivity index (χ2n) is 8.42. The van der Waals surface area contributed by atoms with Crippen molar-refractivity contribution in [1.82, 2.24) is 9.47 Å². The van der Waals surface area contributed by atoms with Crippen LogP contribution in [0.5, 0.6) is 0 Å². The van der Waals surface area contributed by atoms with Gasteiger partial charge >= 0.3 is 0 Å². The summed E-state index contributed by atoms with van der Waals surface area (Å²) < 4.78 is 2.13. The lowest BCUT2D eigenvalue weighted by Gasteiger charge is -2.20. The molecule has 1 saturated heterocycles. The summed E-state index contributed by atoms with van der Waals surface area (Å²) in [6, 6.07) is 12.5. The summed E-state index contributed by atoms with van der Waals surface area (Å²) in [6.45, 7) is 4.77. The van der Waals surface area contributed by atoms with Crippen molar-refractivity contribution in [2.45, 2.75) is 38.8 Å². The van der Waals surface area contributed by atoms with Gasteiger partial charge in [0.25, 0.3) is 11.8 Å². The third-order valence-electron chi connectivity index (χ3n) is 6.15. The molecule has 2 N–H and O–H groups in total. The molecule has 2 aliphatic rings. The van der Waals surface area contributed by atoms with Crippen molar-refractivity contribution in [2.24, 2.45) is 0 Å². The van der Waals surface area contributed by atoms with Gasteiger partial charge in [-0.05, 0) is 63.1 Å². The maximum Gasteiger partial charge on any atom is 0.256 e. The van der Waals surface area contributed by atoms with Gasteiger partial charge in [-0.25, -0.2) is 0 Å². The monoisotopic (exact) mass is 416 g/mol. The van der Waals surface area contributed by atoms with E-state index in [-0.39, 0.29) is 23.8 Å².